The average Bonchev–Trinajstić information content (AvgIpc) is 2.74. The first-order chi connectivity index (χ1) is 13.9. The lowest BCUT2D eigenvalue weighted by molar-refractivity contribution is -0.617. The van der Waals surface area contributed by atoms with Crippen molar-refractivity contribution in [3.63, 3.8) is 0 Å². The second-order valence-electron chi connectivity index (χ2n) is 6.26. The summed E-state index contributed by atoms with van der Waals surface area (Å²) in [6.45, 7) is 0. The van der Waals surface area contributed by atoms with Gasteiger partial charge in [0.05, 0.1) is 28.4 Å². The number of hydrogen-bond donors (Lipinski definition) is 1. The lowest BCUT2D eigenvalue weighted by atomic mass is 10.0. The zero-order valence-corrected chi connectivity index (χ0v) is 16.3. The van der Waals surface area contributed by atoms with Gasteiger partial charge >= 0.3 is 0 Å². The molecule has 0 aliphatic heterocycles. The number of nitrogens with zero attached hydrogens (tertiary/aromatic N) is 2. The summed E-state index contributed by atoms with van der Waals surface area (Å²) in [5.41, 5.74) is 3.13. The molecule has 0 saturated heterocycles. The average molecular weight is 402 g/mol. The fraction of sp³-hybridized carbons (Fsp3) is 0.0435. The van der Waals surface area contributed by atoms with Crippen molar-refractivity contribution in [3.8, 4) is 6.07 Å². The Morgan fingerprint density at radius 1 is 1.00 bits per heavy atom. The number of para-hydroxylation sites is 2. The number of carboxylic acid groups (broad SMARTS) is 1. The van der Waals surface area contributed by atoms with E-state index in [-0.39, 0.29) is 10.7 Å². The number of aromatic carboxylic acids is 1. The maximum Gasteiger partial charge on any atom is 0.213 e. The van der Waals surface area contributed by atoms with Crippen LogP contribution >= 0.6 is 11.6 Å². The van der Waals surface area contributed by atoms with Crippen molar-refractivity contribution in [1.82, 2.24) is 0 Å². The quantitative estimate of drug-likeness (QED) is 0.317. The SMILES string of the molecule is C[n+]1c2ccccc2c(C(=O)[O-])c2ccccc21.N#Cc1cccc(C(=N)Cl)c1. The zero-order valence-electron chi connectivity index (χ0n) is 15.5. The van der Waals surface area contributed by atoms with E-state index in [9.17, 15) is 9.90 Å². The largest absolute Gasteiger partial charge is 0.545 e. The maximum absolute atomic E-state index is 11.4. The number of rotatable bonds is 2. The molecule has 0 aliphatic carbocycles. The minimum atomic E-state index is -1.14. The van der Waals surface area contributed by atoms with Gasteiger partial charge in [0.15, 0.2) is 0 Å². The molecule has 0 bridgehead atoms. The lowest BCUT2D eigenvalue weighted by Gasteiger charge is -2.10. The summed E-state index contributed by atoms with van der Waals surface area (Å²) in [5, 5.41) is 28.3. The molecule has 1 N–H and O–H groups in total. The number of pyridine rings is 1. The van der Waals surface area contributed by atoms with Crippen LogP contribution in [0.5, 0.6) is 0 Å². The number of fused-ring (bicyclic) bond motifs is 2. The van der Waals surface area contributed by atoms with Crippen molar-refractivity contribution in [1.29, 1.82) is 10.7 Å². The summed E-state index contributed by atoms with van der Waals surface area (Å²) in [5.74, 6) is -1.14. The van der Waals surface area contributed by atoms with Crippen LogP contribution in [0.2, 0.25) is 0 Å². The fourth-order valence-corrected chi connectivity index (χ4v) is 3.29. The summed E-state index contributed by atoms with van der Waals surface area (Å²) in [4.78, 5) is 11.4. The van der Waals surface area contributed by atoms with Gasteiger partial charge in [-0.15, -0.1) is 0 Å². The van der Waals surface area contributed by atoms with Gasteiger partial charge in [0.2, 0.25) is 11.0 Å². The third-order valence-electron chi connectivity index (χ3n) is 4.52. The summed E-state index contributed by atoms with van der Waals surface area (Å²) in [7, 11) is 1.93. The number of carbonyl (C=O) groups is 1. The van der Waals surface area contributed by atoms with Gasteiger partial charge in [-0.3, -0.25) is 5.41 Å². The molecule has 142 valence electrons. The first-order valence-corrected chi connectivity index (χ1v) is 9.07. The van der Waals surface area contributed by atoms with Crippen LogP contribution in [0.4, 0.5) is 0 Å². The number of nitrogens with one attached hydrogen (secondary N) is 1. The summed E-state index contributed by atoms with van der Waals surface area (Å²) in [6, 6.07) is 23.5. The fourth-order valence-electron chi connectivity index (χ4n) is 3.18. The van der Waals surface area contributed by atoms with E-state index in [0.717, 1.165) is 11.0 Å². The molecule has 3 aromatic carbocycles. The van der Waals surface area contributed by atoms with Gasteiger partial charge in [-0.05, 0) is 24.3 Å². The number of carboxylic acids is 1. The number of halogens is 1. The molecule has 1 aromatic heterocycles. The first-order valence-electron chi connectivity index (χ1n) is 8.69. The smallest absolute Gasteiger partial charge is 0.213 e. The van der Waals surface area contributed by atoms with Gasteiger partial charge in [-0.2, -0.15) is 9.83 Å². The Kier molecular flexibility index (Phi) is 5.87. The van der Waals surface area contributed by atoms with E-state index in [0.29, 0.717) is 21.9 Å². The maximum atomic E-state index is 11.4. The normalized spacial score (nSPS) is 10.1. The van der Waals surface area contributed by atoms with Crippen molar-refractivity contribution in [2.75, 3.05) is 0 Å². The number of aryl methyl sites for hydroxylation is 1. The van der Waals surface area contributed by atoms with E-state index >= 15 is 0 Å². The van der Waals surface area contributed by atoms with Crippen LogP contribution in [-0.4, -0.2) is 11.1 Å². The molecule has 6 heteroatoms. The second-order valence-corrected chi connectivity index (χ2v) is 6.64. The molecule has 5 nitrogen and oxygen atoms in total. The zero-order chi connectivity index (χ0) is 21.0. The van der Waals surface area contributed by atoms with Gasteiger partial charge in [-0.1, -0.05) is 48.0 Å². The highest BCUT2D eigenvalue weighted by Crippen LogP contribution is 2.23. The number of benzene rings is 3. The lowest BCUT2D eigenvalue weighted by Crippen LogP contribution is -2.33. The number of aromatic nitrogens is 1. The van der Waals surface area contributed by atoms with Crippen molar-refractivity contribution >= 4 is 44.5 Å². The molecule has 29 heavy (non-hydrogen) atoms. The molecular formula is C23H16ClN3O2. The molecule has 0 saturated carbocycles. The van der Waals surface area contributed by atoms with Crippen LogP contribution < -0.4 is 9.67 Å². The van der Waals surface area contributed by atoms with Crippen LogP contribution in [0.1, 0.15) is 21.5 Å². The van der Waals surface area contributed by atoms with Gasteiger partial charge in [0, 0.05) is 23.3 Å². The molecule has 0 atom stereocenters. The summed E-state index contributed by atoms with van der Waals surface area (Å²) in [6.07, 6.45) is 0. The Labute approximate surface area is 172 Å². The van der Waals surface area contributed by atoms with E-state index in [2.05, 4.69) is 0 Å². The van der Waals surface area contributed by atoms with E-state index in [1.54, 1.807) is 24.3 Å². The summed E-state index contributed by atoms with van der Waals surface area (Å²) < 4.78 is 2.00. The second kappa shape index (κ2) is 8.51. The minimum Gasteiger partial charge on any atom is -0.545 e. The van der Waals surface area contributed by atoms with Gasteiger partial charge in [0.25, 0.3) is 0 Å². The number of hydrogen-bond acceptors (Lipinski definition) is 4. The van der Waals surface area contributed by atoms with Crippen molar-refractivity contribution in [3.05, 3.63) is 89.5 Å². The van der Waals surface area contributed by atoms with Crippen molar-refractivity contribution in [2.45, 2.75) is 0 Å². The standard InChI is InChI=1S/C15H11NO2.C8H5ClN2/c1-16-12-8-4-2-6-10(12)14(15(17)18)11-7-3-5-9-13(11)16;9-8(11)7-3-1-2-6(4-7)5-10/h2-9H,1H3;1-4,11H. The predicted molar refractivity (Wildman–Crippen MR) is 111 cm³/mol. The van der Waals surface area contributed by atoms with Gasteiger partial charge < -0.3 is 9.90 Å². The molecule has 4 aromatic rings. The Morgan fingerprint density at radius 2 is 1.55 bits per heavy atom. The van der Waals surface area contributed by atoms with Crippen molar-refractivity contribution < 1.29 is 14.5 Å². The van der Waals surface area contributed by atoms with Crippen LogP contribution in [0.15, 0.2) is 72.8 Å². The molecular weight excluding hydrogens is 386 g/mol. The molecule has 0 aliphatic rings. The highest BCUT2D eigenvalue weighted by molar-refractivity contribution is 6.68. The van der Waals surface area contributed by atoms with Crippen LogP contribution in [-0.2, 0) is 7.05 Å². The monoisotopic (exact) mass is 401 g/mol. The van der Waals surface area contributed by atoms with E-state index in [1.165, 1.54) is 0 Å². The topological polar surface area (TPSA) is 91.7 Å². The first kappa shape index (κ1) is 20.0. The Balaban J connectivity index is 0.000000188. The summed E-state index contributed by atoms with van der Waals surface area (Å²) >= 11 is 5.41. The number of carbonyl (C=O) groups excluding carboxylic acids is 1. The Bertz CT molecular complexity index is 1240. The molecule has 0 radical (unpaired) electrons. The Hall–Kier alpha value is -3.75. The highest BCUT2D eigenvalue weighted by Gasteiger charge is 2.17. The number of nitriles is 1. The van der Waals surface area contributed by atoms with Crippen LogP contribution in [0.25, 0.3) is 21.8 Å². The molecule has 0 amide bonds. The Morgan fingerprint density at radius 3 is 2.03 bits per heavy atom. The molecule has 0 unspecified atom stereocenters. The molecule has 4 rings (SSSR count). The highest BCUT2D eigenvalue weighted by atomic mass is 35.5. The van der Waals surface area contributed by atoms with Crippen LogP contribution in [0, 0.1) is 16.7 Å². The van der Waals surface area contributed by atoms with E-state index in [4.69, 9.17) is 22.3 Å². The van der Waals surface area contributed by atoms with E-state index < -0.39 is 5.97 Å². The minimum absolute atomic E-state index is 0.0397. The molecule has 0 fully saturated rings. The third kappa shape index (κ3) is 4.08. The van der Waals surface area contributed by atoms with Gasteiger partial charge in [-0.25, -0.2) is 0 Å². The molecule has 0 spiro atoms. The van der Waals surface area contributed by atoms with E-state index in [1.807, 2.05) is 66.2 Å². The van der Waals surface area contributed by atoms with Crippen molar-refractivity contribution in [2.24, 2.45) is 7.05 Å². The van der Waals surface area contributed by atoms with Gasteiger partial charge in [0.1, 0.15) is 12.2 Å². The third-order valence-corrected chi connectivity index (χ3v) is 4.74. The molecule has 1 heterocycles. The van der Waals surface area contributed by atoms with Crippen LogP contribution in [0.3, 0.4) is 0 Å². The predicted octanol–water partition coefficient (Wildman–Crippen LogP) is 3.30.